The number of rotatable bonds is 13. The molecule has 1 heterocycles. The quantitative estimate of drug-likeness (QED) is 0.171. The highest BCUT2D eigenvalue weighted by molar-refractivity contribution is 8.29. The van der Waals surface area contributed by atoms with Gasteiger partial charge in [-0.05, 0) is 72.3 Å². The number of ketones is 1. The van der Waals surface area contributed by atoms with Gasteiger partial charge in [0.05, 0.1) is 31.6 Å². The molecule has 8 nitrogen and oxygen atoms in total. The largest absolute Gasteiger partial charge is 0.469 e. The first-order chi connectivity index (χ1) is 20.2. The van der Waals surface area contributed by atoms with Crippen LogP contribution in [0.1, 0.15) is 72.8 Å². The van der Waals surface area contributed by atoms with Crippen LogP contribution in [0.15, 0.2) is 58.4 Å². The van der Waals surface area contributed by atoms with Gasteiger partial charge < -0.3 is 8.92 Å². The Morgan fingerprint density at radius 2 is 1.68 bits per heavy atom. The maximum absolute atomic E-state index is 13.9. The van der Waals surface area contributed by atoms with Crippen LogP contribution in [-0.2, 0) is 28.5 Å². The average Bonchev–Trinajstić information content (AvgIpc) is 3.07. The molecule has 0 amide bonds. The molecule has 0 saturated heterocycles. The van der Waals surface area contributed by atoms with E-state index in [0.29, 0.717) is 29.9 Å². The minimum absolute atomic E-state index is 0.0358. The fraction of sp³-hybridized carbons (Fsp3) is 0.545. The van der Waals surface area contributed by atoms with Crippen LogP contribution in [0.5, 0.6) is 0 Å². The fourth-order valence-electron chi connectivity index (χ4n) is 4.43. The highest BCUT2D eigenvalue weighted by atomic mass is 32.3. The van der Waals surface area contributed by atoms with Crippen molar-refractivity contribution in [3.63, 3.8) is 0 Å². The van der Waals surface area contributed by atoms with Gasteiger partial charge in [0, 0.05) is 23.8 Å². The number of benzene rings is 1. The number of carbonyl (C=O) groups is 2. The molecule has 11 heteroatoms. The van der Waals surface area contributed by atoms with Crippen molar-refractivity contribution in [3.05, 3.63) is 64.8 Å². The van der Waals surface area contributed by atoms with Crippen molar-refractivity contribution in [2.24, 2.45) is 10.9 Å². The number of esters is 1. The Labute approximate surface area is 265 Å². The molecule has 1 aromatic rings. The zero-order valence-corrected chi connectivity index (χ0v) is 29.6. The third-order valence-corrected chi connectivity index (χ3v) is 12.7. The minimum Gasteiger partial charge on any atom is -0.469 e. The molecule has 0 fully saturated rings. The normalized spacial score (nSPS) is 16.2. The summed E-state index contributed by atoms with van der Waals surface area (Å²) in [6.07, 6.45) is 8.42. The number of ether oxygens (including phenoxy) is 1. The van der Waals surface area contributed by atoms with E-state index in [9.17, 15) is 22.4 Å². The first-order valence-corrected chi connectivity index (χ1v) is 18.9. The van der Waals surface area contributed by atoms with Crippen molar-refractivity contribution in [1.82, 2.24) is 4.31 Å². The van der Waals surface area contributed by atoms with Crippen molar-refractivity contribution in [3.8, 4) is 0 Å². The third kappa shape index (κ3) is 9.87. The molecule has 1 unspecified atom stereocenters. The van der Waals surface area contributed by atoms with Gasteiger partial charge in [0.1, 0.15) is 11.6 Å². The Bertz CT molecular complexity index is 1450. The van der Waals surface area contributed by atoms with E-state index in [4.69, 9.17) is 13.9 Å². The van der Waals surface area contributed by atoms with Crippen molar-refractivity contribution >= 4 is 43.4 Å². The molecule has 0 spiro atoms. The molecule has 1 aliphatic heterocycles. The van der Waals surface area contributed by atoms with Crippen LogP contribution in [0.4, 0.5) is 4.39 Å². The Balaban J connectivity index is 2.67. The van der Waals surface area contributed by atoms with Gasteiger partial charge in [-0.15, -0.1) is 10.3 Å². The molecule has 0 saturated carbocycles. The number of methoxy groups -OCH3 is 1. The van der Waals surface area contributed by atoms with E-state index in [2.05, 4.69) is 20.8 Å². The molecule has 0 bridgehead atoms. The maximum Gasteiger partial charge on any atom is 0.308 e. The second-order valence-corrected chi connectivity index (χ2v) is 18.5. The number of allylic oxidation sites excluding steroid dienone is 5. The Morgan fingerprint density at radius 1 is 1.09 bits per heavy atom. The first kappa shape index (κ1) is 37.4. The van der Waals surface area contributed by atoms with E-state index in [1.54, 1.807) is 18.2 Å². The van der Waals surface area contributed by atoms with Crippen LogP contribution in [0.2, 0.25) is 0 Å². The lowest BCUT2D eigenvalue weighted by molar-refractivity contribution is -0.142. The van der Waals surface area contributed by atoms with Gasteiger partial charge in [-0.2, -0.15) is 0 Å². The highest BCUT2D eigenvalue weighted by Crippen LogP contribution is 2.55. The standard InChI is InChI=1S/C33H49FN2O6S2/c1-12-23-19-29(24-13-15-25(34)16-14-24)28(31(22(2)3)35-32(23)36(7)44(11,39)40)18-17-26(37)20-27(21-30(38)41-8)42-43(9,10)33(4,5)6/h13-18,22,27H,12,19-21H2,1-11H3/b18-17+. The molecule has 0 N–H and O–H groups in total. The molecule has 0 radical (unpaired) electrons. The lowest BCUT2D eigenvalue weighted by Crippen LogP contribution is -2.31. The number of nitrogens with zero attached hydrogens (tertiary/aromatic N) is 2. The van der Waals surface area contributed by atoms with E-state index in [0.717, 1.165) is 23.0 Å². The molecule has 0 aliphatic carbocycles. The van der Waals surface area contributed by atoms with Gasteiger partial charge in [0.15, 0.2) is 5.78 Å². The number of hydrogen-bond acceptors (Lipinski definition) is 7. The molecule has 0 aromatic heterocycles. The Kier molecular flexibility index (Phi) is 12.8. The Morgan fingerprint density at radius 3 is 2.16 bits per heavy atom. The summed E-state index contributed by atoms with van der Waals surface area (Å²) in [7, 11) is -2.47. The van der Waals surface area contributed by atoms with E-state index in [1.165, 1.54) is 36.7 Å². The van der Waals surface area contributed by atoms with Crippen LogP contribution in [0.3, 0.4) is 0 Å². The van der Waals surface area contributed by atoms with Crippen molar-refractivity contribution in [2.75, 3.05) is 32.9 Å². The first-order valence-electron chi connectivity index (χ1n) is 14.6. The minimum atomic E-state index is -3.61. The van der Waals surface area contributed by atoms with Crippen molar-refractivity contribution in [1.29, 1.82) is 0 Å². The second-order valence-electron chi connectivity index (χ2n) is 12.6. The molecular formula is C33H49FN2O6S2. The van der Waals surface area contributed by atoms with Gasteiger partial charge in [0.25, 0.3) is 0 Å². The number of carbonyl (C=O) groups excluding carboxylic acids is 2. The summed E-state index contributed by atoms with van der Waals surface area (Å²) in [5, 5.41) is 0. The molecule has 246 valence electrons. The molecule has 1 atom stereocenters. The lowest BCUT2D eigenvalue weighted by Gasteiger charge is -2.45. The van der Waals surface area contributed by atoms with Crippen molar-refractivity contribution < 1.29 is 31.3 Å². The summed E-state index contributed by atoms with van der Waals surface area (Å²) < 4.78 is 51.4. The highest BCUT2D eigenvalue weighted by Gasteiger charge is 2.33. The summed E-state index contributed by atoms with van der Waals surface area (Å²) in [4.78, 5) is 30.6. The summed E-state index contributed by atoms with van der Waals surface area (Å²) in [6, 6.07) is 6.10. The van der Waals surface area contributed by atoms with Gasteiger partial charge in [-0.1, -0.05) is 53.7 Å². The SMILES string of the molecule is CCC1=C(N(C)S(C)(=O)=O)N=C(C(C)C)C(/C=C/C(=O)CC(CC(=O)OC)OS(C)(C)C(C)(C)C)=C(c2ccc(F)cc2)C1. The number of halogens is 1. The number of hydrogen-bond donors (Lipinski definition) is 0. The lowest BCUT2D eigenvalue weighted by atomic mass is 9.88. The zero-order valence-electron chi connectivity index (χ0n) is 28.0. The summed E-state index contributed by atoms with van der Waals surface area (Å²) in [5.41, 5.74) is 3.60. The van der Waals surface area contributed by atoms with E-state index < -0.39 is 32.4 Å². The van der Waals surface area contributed by atoms with Gasteiger partial charge in [-0.25, -0.2) is 17.8 Å². The number of aliphatic imine (C=N–C) groups is 1. The van der Waals surface area contributed by atoms with Crippen LogP contribution in [0, 0.1) is 11.7 Å². The van der Waals surface area contributed by atoms with Gasteiger partial charge in [-0.3, -0.25) is 13.9 Å². The van der Waals surface area contributed by atoms with E-state index in [1.807, 2.05) is 33.3 Å². The molecular weight excluding hydrogens is 604 g/mol. The second kappa shape index (κ2) is 15.0. The molecule has 44 heavy (non-hydrogen) atoms. The molecule has 1 aliphatic rings. The van der Waals surface area contributed by atoms with Crippen LogP contribution >= 0.6 is 10.3 Å². The van der Waals surface area contributed by atoms with Crippen LogP contribution in [0.25, 0.3) is 5.57 Å². The maximum atomic E-state index is 13.9. The third-order valence-electron chi connectivity index (χ3n) is 7.83. The van der Waals surface area contributed by atoms with Crippen LogP contribution < -0.4 is 0 Å². The zero-order chi connectivity index (χ0) is 33.6. The summed E-state index contributed by atoms with van der Waals surface area (Å²) >= 11 is 0. The smallest absolute Gasteiger partial charge is 0.308 e. The molecule has 2 rings (SSSR count). The predicted molar refractivity (Wildman–Crippen MR) is 180 cm³/mol. The predicted octanol–water partition coefficient (Wildman–Crippen LogP) is 6.83. The fourth-order valence-corrected chi connectivity index (χ4v) is 6.02. The Hall–Kier alpha value is -2.76. The molecule has 1 aromatic carbocycles. The van der Waals surface area contributed by atoms with Gasteiger partial charge in [0.2, 0.25) is 10.0 Å². The summed E-state index contributed by atoms with van der Waals surface area (Å²) in [6.45, 7) is 12.0. The number of sulfonamides is 1. The van der Waals surface area contributed by atoms with Crippen LogP contribution in [-0.4, -0.2) is 74.0 Å². The van der Waals surface area contributed by atoms with E-state index in [-0.39, 0.29) is 35.1 Å². The van der Waals surface area contributed by atoms with Crippen molar-refractivity contribution in [2.45, 2.75) is 78.1 Å². The topological polar surface area (TPSA) is 102 Å². The monoisotopic (exact) mass is 652 g/mol. The van der Waals surface area contributed by atoms with Gasteiger partial charge >= 0.3 is 5.97 Å². The summed E-state index contributed by atoms with van der Waals surface area (Å²) in [5.74, 6) is -0.902. The average molecular weight is 653 g/mol. The van der Waals surface area contributed by atoms with E-state index >= 15 is 0 Å².